The van der Waals surface area contributed by atoms with Crippen molar-refractivity contribution in [1.29, 1.82) is 0 Å². The Morgan fingerprint density at radius 1 is 0.400 bits per heavy atom. The fraction of sp³-hybridized carbons (Fsp3) is 0. The number of para-hydroxylation sites is 1. The van der Waals surface area contributed by atoms with E-state index < -0.39 is 0 Å². The number of hydrogen-bond donors (Lipinski definition) is 1. The minimum Gasteiger partial charge on any atom is -0.356 e. The third-order valence-electron chi connectivity index (χ3n) is 4.25. The van der Waals surface area contributed by atoms with E-state index in [9.17, 15) is 0 Å². The Hall–Kier alpha value is -3.32. The molecule has 1 heteroatoms. The second-order valence-corrected chi connectivity index (χ2v) is 5.98. The Morgan fingerprint density at radius 3 is 1.52 bits per heavy atom. The number of benzene rings is 4. The van der Waals surface area contributed by atoms with Gasteiger partial charge in [0.15, 0.2) is 0 Å². The molecule has 0 atom stereocenters. The van der Waals surface area contributed by atoms with Crippen LogP contribution in [0.4, 0.5) is 11.4 Å². The Morgan fingerprint density at radius 2 is 0.920 bits per heavy atom. The van der Waals surface area contributed by atoms with E-state index in [1.54, 1.807) is 0 Å². The van der Waals surface area contributed by atoms with Crippen LogP contribution in [0.3, 0.4) is 0 Å². The molecule has 0 radical (unpaired) electrons. The highest BCUT2D eigenvalue weighted by atomic mass is 14.9. The Bertz CT molecular complexity index is 945. The highest BCUT2D eigenvalue weighted by molar-refractivity contribution is 5.86. The predicted molar refractivity (Wildman–Crippen MR) is 107 cm³/mol. The molecule has 0 saturated heterocycles. The van der Waals surface area contributed by atoms with Crippen molar-refractivity contribution in [2.45, 2.75) is 0 Å². The largest absolute Gasteiger partial charge is 0.356 e. The zero-order valence-corrected chi connectivity index (χ0v) is 13.9. The summed E-state index contributed by atoms with van der Waals surface area (Å²) in [6, 6.07) is 37.9. The van der Waals surface area contributed by atoms with E-state index in [0.717, 1.165) is 11.4 Å². The van der Waals surface area contributed by atoms with E-state index in [1.165, 1.54) is 22.3 Å². The van der Waals surface area contributed by atoms with Crippen LogP contribution in [0, 0.1) is 0 Å². The molecule has 0 aliphatic carbocycles. The van der Waals surface area contributed by atoms with Crippen LogP contribution in [0.2, 0.25) is 0 Å². The van der Waals surface area contributed by atoms with Gasteiger partial charge in [0.1, 0.15) is 0 Å². The highest BCUT2D eigenvalue weighted by Gasteiger charge is 2.08. The Balaban J connectivity index is 1.80. The molecule has 120 valence electrons. The summed E-state index contributed by atoms with van der Waals surface area (Å²) in [7, 11) is 0. The SMILES string of the molecule is c1ccc(Nc2ccc(-c3ccccc3)c(-c3ccccc3)c2)cc1. The lowest BCUT2D eigenvalue weighted by Crippen LogP contribution is -1.92. The first-order valence-corrected chi connectivity index (χ1v) is 8.47. The van der Waals surface area contributed by atoms with E-state index in [1.807, 2.05) is 18.2 Å². The van der Waals surface area contributed by atoms with E-state index in [-0.39, 0.29) is 0 Å². The summed E-state index contributed by atoms with van der Waals surface area (Å²) in [5.41, 5.74) is 7.10. The molecule has 0 aliphatic heterocycles. The fourth-order valence-electron chi connectivity index (χ4n) is 3.04. The maximum absolute atomic E-state index is 3.49. The molecular formula is C24H19N. The lowest BCUT2D eigenvalue weighted by Gasteiger charge is -2.14. The van der Waals surface area contributed by atoms with E-state index >= 15 is 0 Å². The average molecular weight is 321 g/mol. The second-order valence-electron chi connectivity index (χ2n) is 5.98. The van der Waals surface area contributed by atoms with Gasteiger partial charge in [0, 0.05) is 11.4 Å². The smallest absolute Gasteiger partial charge is 0.0390 e. The maximum Gasteiger partial charge on any atom is 0.0390 e. The first kappa shape index (κ1) is 15.2. The molecule has 4 aromatic carbocycles. The van der Waals surface area contributed by atoms with E-state index in [0.29, 0.717) is 0 Å². The van der Waals surface area contributed by atoms with Crippen LogP contribution in [0.1, 0.15) is 0 Å². The van der Waals surface area contributed by atoms with Gasteiger partial charge in [-0.15, -0.1) is 0 Å². The molecule has 4 rings (SSSR count). The zero-order valence-electron chi connectivity index (χ0n) is 13.9. The van der Waals surface area contributed by atoms with Crippen molar-refractivity contribution in [1.82, 2.24) is 0 Å². The Kier molecular flexibility index (Phi) is 4.30. The first-order valence-electron chi connectivity index (χ1n) is 8.47. The summed E-state index contributed by atoms with van der Waals surface area (Å²) in [4.78, 5) is 0. The lowest BCUT2D eigenvalue weighted by atomic mass is 9.94. The molecular weight excluding hydrogens is 302 g/mol. The average Bonchev–Trinajstić information content (AvgIpc) is 2.70. The third kappa shape index (κ3) is 3.46. The van der Waals surface area contributed by atoms with Gasteiger partial charge in [-0.1, -0.05) is 84.9 Å². The minimum absolute atomic E-state index is 1.09. The summed E-state index contributed by atoms with van der Waals surface area (Å²) in [5, 5.41) is 3.49. The van der Waals surface area contributed by atoms with Crippen molar-refractivity contribution >= 4 is 11.4 Å². The molecule has 25 heavy (non-hydrogen) atoms. The van der Waals surface area contributed by atoms with Crippen LogP contribution in [0.15, 0.2) is 109 Å². The van der Waals surface area contributed by atoms with Gasteiger partial charge in [0.05, 0.1) is 0 Å². The van der Waals surface area contributed by atoms with Gasteiger partial charge < -0.3 is 5.32 Å². The summed E-state index contributed by atoms with van der Waals surface area (Å²) in [6.45, 7) is 0. The fourth-order valence-corrected chi connectivity index (χ4v) is 3.04. The zero-order chi connectivity index (χ0) is 16.9. The number of rotatable bonds is 4. The van der Waals surface area contributed by atoms with Crippen molar-refractivity contribution in [2.24, 2.45) is 0 Å². The van der Waals surface area contributed by atoms with Crippen LogP contribution >= 0.6 is 0 Å². The molecule has 4 aromatic rings. The van der Waals surface area contributed by atoms with Crippen LogP contribution in [-0.4, -0.2) is 0 Å². The number of anilines is 2. The van der Waals surface area contributed by atoms with Crippen LogP contribution in [0.5, 0.6) is 0 Å². The van der Waals surface area contributed by atoms with Gasteiger partial charge in [-0.2, -0.15) is 0 Å². The molecule has 0 aliphatic rings. The van der Waals surface area contributed by atoms with Crippen molar-refractivity contribution in [3.63, 3.8) is 0 Å². The molecule has 0 amide bonds. The molecule has 0 fully saturated rings. The summed E-state index contributed by atoms with van der Waals surface area (Å²) in [6.07, 6.45) is 0. The monoisotopic (exact) mass is 321 g/mol. The standard InChI is InChI=1S/C24H19N/c1-4-10-19(11-5-1)23-17-16-22(25-21-14-8-3-9-15-21)18-24(23)20-12-6-2-7-13-20/h1-18,25H. The molecule has 1 nitrogen and oxygen atoms in total. The topological polar surface area (TPSA) is 12.0 Å². The van der Waals surface area contributed by atoms with E-state index in [4.69, 9.17) is 0 Å². The summed E-state index contributed by atoms with van der Waals surface area (Å²) >= 11 is 0. The normalized spacial score (nSPS) is 10.4. The van der Waals surface area contributed by atoms with Crippen molar-refractivity contribution in [3.8, 4) is 22.3 Å². The van der Waals surface area contributed by atoms with Gasteiger partial charge in [-0.25, -0.2) is 0 Å². The quantitative estimate of drug-likeness (QED) is 0.437. The summed E-state index contributed by atoms with van der Waals surface area (Å²) in [5.74, 6) is 0. The van der Waals surface area contributed by atoms with Crippen molar-refractivity contribution in [2.75, 3.05) is 5.32 Å². The van der Waals surface area contributed by atoms with Gasteiger partial charge in [-0.05, 0) is 46.5 Å². The molecule has 1 N–H and O–H groups in total. The highest BCUT2D eigenvalue weighted by Crippen LogP contribution is 2.34. The van der Waals surface area contributed by atoms with Crippen molar-refractivity contribution < 1.29 is 0 Å². The van der Waals surface area contributed by atoms with Crippen LogP contribution in [0.25, 0.3) is 22.3 Å². The lowest BCUT2D eigenvalue weighted by molar-refractivity contribution is 1.53. The van der Waals surface area contributed by atoms with Gasteiger partial charge in [0.2, 0.25) is 0 Å². The summed E-state index contributed by atoms with van der Waals surface area (Å²) < 4.78 is 0. The number of hydrogen-bond acceptors (Lipinski definition) is 1. The minimum atomic E-state index is 1.09. The molecule has 0 saturated carbocycles. The van der Waals surface area contributed by atoms with Crippen LogP contribution < -0.4 is 5.32 Å². The molecule has 0 spiro atoms. The second kappa shape index (κ2) is 7.06. The molecule has 0 aromatic heterocycles. The predicted octanol–water partition coefficient (Wildman–Crippen LogP) is 6.76. The molecule has 0 bridgehead atoms. The van der Waals surface area contributed by atoms with Crippen LogP contribution in [-0.2, 0) is 0 Å². The molecule has 0 unspecified atom stereocenters. The molecule has 0 heterocycles. The first-order chi connectivity index (χ1) is 12.4. The van der Waals surface area contributed by atoms with Crippen molar-refractivity contribution in [3.05, 3.63) is 109 Å². The van der Waals surface area contributed by atoms with E-state index in [2.05, 4.69) is 96.3 Å². The van der Waals surface area contributed by atoms with Gasteiger partial charge in [0.25, 0.3) is 0 Å². The third-order valence-corrected chi connectivity index (χ3v) is 4.25. The Labute approximate surface area is 148 Å². The van der Waals surface area contributed by atoms with Gasteiger partial charge >= 0.3 is 0 Å². The number of nitrogens with one attached hydrogen (secondary N) is 1. The van der Waals surface area contributed by atoms with Gasteiger partial charge in [-0.3, -0.25) is 0 Å². The maximum atomic E-state index is 3.49.